The highest BCUT2D eigenvalue weighted by molar-refractivity contribution is 5.96. The first-order chi connectivity index (χ1) is 23.6. The number of benzene rings is 4. The minimum absolute atomic E-state index is 0.108. The molecule has 0 fully saturated rings. The summed E-state index contributed by atoms with van der Waals surface area (Å²) in [6.45, 7) is 4.71. The topological polar surface area (TPSA) is 70.1 Å². The summed E-state index contributed by atoms with van der Waals surface area (Å²) >= 11 is 0. The standard InChI is InChI=1S/C41H44F3N3O2/c1-28-11-15-32(16-12-28)38-39(33-19-21-36(49-3)22-20-33)47(40(46-38)34-24-29(2)25-35(26-34)41(42,43)44)27-30-13-17-31(18-14-30)37(48)10-8-6-4-5-7-9-23-45/h11-22,24-26H,4-10,23,27,45H2,1-3H3. The number of carbonyl (C=O) groups is 1. The van der Waals surface area contributed by atoms with E-state index in [0.29, 0.717) is 46.9 Å². The van der Waals surface area contributed by atoms with E-state index in [2.05, 4.69) is 0 Å². The zero-order valence-corrected chi connectivity index (χ0v) is 28.4. The summed E-state index contributed by atoms with van der Waals surface area (Å²) in [7, 11) is 1.60. The van der Waals surface area contributed by atoms with E-state index in [9.17, 15) is 18.0 Å². The van der Waals surface area contributed by atoms with Crippen molar-refractivity contribution in [2.75, 3.05) is 13.7 Å². The van der Waals surface area contributed by atoms with Crippen LogP contribution in [-0.4, -0.2) is 29.0 Å². The number of halogens is 3. The van der Waals surface area contributed by atoms with Gasteiger partial charge in [-0.3, -0.25) is 4.79 Å². The minimum atomic E-state index is -4.51. The van der Waals surface area contributed by atoms with Crippen molar-refractivity contribution in [3.63, 3.8) is 0 Å². The van der Waals surface area contributed by atoms with Crippen LogP contribution in [0.3, 0.4) is 0 Å². The highest BCUT2D eigenvalue weighted by Gasteiger charge is 2.32. The van der Waals surface area contributed by atoms with Crippen LogP contribution < -0.4 is 10.5 Å². The van der Waals surface area contributed by atoms with Crippen molar-refractivity contribution in [2.24, 2.45) is 5.73 Å². The number of alkyl halides is 3. The van der Waals surface area contributed by atoms with Crippen LogP contribution in [0.5, 0.6) is 5.75 Å². The Balaban J connectivity index is 1.55. The Kier molecular flexibility index (Phi) is 11.7. The lowest BCUT2D eigenvalue weighted by Gasteiger charge is -2.16. The van der Waals surface area contributed by atoms with Crippen LogP contribution in [0.1, 0.15) is 77.6 Å². The molecule has 0 radical (unpaired) electrons. The number of imidazole rings is 1. The predicted molar refractivity (Wildman–Crippen MR) is 191 cm³/mol. The molecule has 0 saturated carbocycles. The van der Waals surface area contributed by atoms with Gasteiger partial charge < -0.3 is 15.0 Å². The van der Waals surface area contributed by atoms with Crippen molar-refractivity contribution in [1.29, 1.82) is 0 Å². The molecule has 0 saturated heterocycles. The number of aromatic nitrogens is 2. The summed E-state index contributed by atoms with van der Waals surface area (Å²) in [5, 5.41) is 0. The van der Waals surface area contributed by atoms with E-state index in [1.165, 1.54) is 6.07 Å². The number of nitrogens with two attached hydrogens (primary N) is 1. The first-order valence-corrected chi connectivity index (χ1v) is 16.9. The number of rotatable bonds is 15. The first kappa shape index (κ1) is 35.6. The maximum absolute atomic E-state index is 14.0. The van der Waals surface area contributed by atoms with Gasteiger partial charge in [0.25, 0.3) is 0 Å². The van der Waals surface area contributed by atoms with Crippen LogP contribution in [-0.2, 0) is 12.7 Å². The molecule has 0 amide bonds. The zero-order chi connectivity index (χ0) is 35.0. The van der Waals surface area contributed by atoms with Gasteiger partial charge in [-0.05, 0) is 86.8 Å². The Morgan fingerprint density at radius 2 is 1.39 bits per heavy atom. The number of ketones is 1. The Morgan fingerprint density at radius 3 is 2.02 bits per heavy atom. The van der Waals surface area contributed by atoms with Crippen LogP contribution in [0.2, 0.25) is 0 Å². The summed E-state index contributed by atoms with van der Waals surface area (Å²) in [5.41, 5.74) is 11.4. The Labute approximate surface area is 287 Å². The van der Waals surface area contributed by atoms with Crippen molar-refractivity contribution in [3.05, 3.63) is 119 Å². The lowest BCUT2D eigenvalue weighted by molar-refractivity contribution is -0.137. The van der Waals surface area contributed by atoms with Gasteiger partial charge in [-0.15, -0.1) is 0 Å². The summed E-state index contributed by atoms with van der Waals surface area (Å²) in [5.74, 6) is 1.21. The molecule has 0 aliphatic rings. The number of carbonyl (C=O) groups excluding carboxylic acids is 1. The fourth-order valence-corrected chi connectivity index (χ4v) is 6.12. The maximum atomic E-state index is 14.0. The van der Waals surface area contributed by atoms with Gasteiger partial charge in [0.1, 0.15) is 11.6 Å². The van der Waals surface area contributed by atoms with Crippen LogP contribution in [0.25, 0.3) is 33.9 Å². The molecule has 2 N–H and O–H groups in total. The lowest BCUT2D eigenvalue weighted by Crippen LogP contribution is -2.08. The summed E-state index contributed by atoms with van der Waals surface area (Å²) in [6, 6.07) is 27.2. The number of hydrogen-bond donors (Lipinski definition) is 1. The smallest absolute Gasteiger partial charge is 0.416 e. The summed E-state index contributed by atoms with van der Waals surface area (Å²) in [4.78, 5) is 18.0. The molecule has 0 spiro atoms. The number of aryl methyl sites for hydroxylation is 2. The third-order valence-electron chi connectivity index (χ3n) is 8.79. The molecular weight excluding hydrogens is 623 g/mol. The first-order valence-electron chi connectivity index (χ1n) is 16.9. The molecule has 256 valence electrons. The Bertz CT molecular complexity index is 1840. The Hall–Kier alpha value is -4.69. The molecule has 0 bridgehead atoms. The average molecular weight is 668 g/mol. The van der Waals surface area contributed by atoms with Gasteiger partial charge in [0.2, 0.25) is 0 Å². The number of ether oxygens (including phenoxy) is 1. The van der Waals surface area contributed by atoms with E-state index < -0.39 is 11.7 Å². The van der Waals surface area contributed by atoms with Gasteiger partial charge in [-0.2, -0.15) is 13.2 Å². The molecule has 0 atom stereocenters. The molecule has 0 unspecified atom stereocenters. The molecule has 1 heterocycles. The third-order valence-corrected chi connectivity index (χ3v) is 8.79. The summed E-state index contributed by atoms with van der Waals surface area (Å²) in [6.07, 6.45) is 2.27. The SMILES string of the molecule is COc1ccc(-c2c(-c3ccc(C)cc3)nc(-c3cc(C)cc(C(F)(F)F)c3)n2Cc2ccc(C(=O)CCCCCCCCN)cc2)cc1. The van der Waals surface area contributed by atoms with E-state index in [1.54, 1.807) is 20.1 Å². The molecule has 5 nitrogen and oxygen atoms in total. The quantitative estimate of drug-likeness (QED) is 0.0891. The van der Waals surface area contributed by atoms with Crippen LogP contribution in [0.4, 0.5) is 13.2 Å². The number of methoxy groups -OCH3 is 1. The predicted octanol–water partition coefficient (Wildman–Crippen LogP) is 10.4. The second kappa shape index (κ2) is 16.1. The van der Waals surface area contributed by atoms with Gasteiger partial charge in [0.05, 0.1) is 24.1 Å². The molecule has 8 heteroatoms. The van der Waals surface area contributed by atoms with Gasteiger partial charge in [0.15, 0.2) is 5.78 Å². The molecule has 0 aliphatic carbocycles. The van der Waals surface area contributed by atoms with Crippen molar-refractivity contribution < 1.29 is 22.7 Å². The average Bonchev–Trinajstić information content (AvgIpc) is 3.46. The largest absolute Gasteiger partial charge is 0.497 e. The Morgan fingerprint density at radius 1 is 0.755 bits per heavy atom. The fraction of sp³-hybridized carbons (Fsp3) is 0.317. The van der Waals surface area contributed by atoms with Crippen LogP contribution >= 0.6 is 0 Å². The van der Waals surface area contributed by atoms with E-state index in [0.717, 1.165) is 79.1 Å². The van der Waals surface area contributed by atoms with Crippen LogP contribution in [0.15, 0.2) is 91.0 Å². The third kappa shape index (κ3) is 9.06. The van der Waals surface area contributed by atoms with Gasteiger partial charge in [0, 0.05) is 35.2 Å². The molecule has 49 heavy (non-hydrogen) atoms. The second-order valence-electron chi connectivity index (χ2n) is 12.7. The minimum Gasteiger partial charge on any atom is -0.497 e. The second-order valence-corrected chi connectivity index (χ2v) is 12.7. The molecule has 1 aromatic heterocycles. The van der Waals surface area contributed by atoms with E-state index >= 15 is 0 Å². The highest BCUT2D eigenvalue weighted by Crippen LogP contribution is 2.39. The van der Waals surface area contributed by atoms with Gasteiger partial charge in [-0.1, -0.05) is 79.8 Å². The van der Waals surface area contributed by atoms with Crippen LogP contribution in [0, 0.1) is 13.8 Å². The number of nitrogens with zero attached hydrogens (tertiary/aromatic N) is 2. The molecule has 4 aromatic carbocycles. The molecule has 0 aliphatic heterocycles. The number of Topliss-reactive ketones (excluding diaryl/α,β-unsaturated/α-hetero) is 1. The number of hydrogen-bond acceptors (Lipinski definition) is 4. The van der Waals surface area contributed by atoms with E-state index in [4.69, 9.17) is 15.5 Å². The normalized spacial score (nSPS) is 11.6. The van der Waals surface area contributed by atoms with Crippen molar-refractivity contribution >= 4 is 5.78 Å². The van der Waals surface area contributed by atoms with Crippen molar-refractivity contribution in [1.82, 2.24) is 9.55 Å². The fourth-order valence-electron chi connectivity index (χ4n) is 6.12. The summed E-state index contributed by atoms with van der Waals surface area (Å²) < 4.78 is 49.5. The van der Waals surface area contributed by atoms with Crippen molar-refractivity contribution in [2.45, 2.75) is 71.5 Å². The molecule has 5 rings (SSSR count). The van der Waals surface area contributed by atoms with Crippen molar-refractivity contribution in [3.8, 4) is 39.7 Å². The monoisotopic (exact) mass is 667 g/mol. The highest BCUT2D eigenvalue weighted by atomic mass is 19.4. The van der Waals surface area contributed by atoms with E-state index in [1.807, 2.05) is 84.3 Å². The van der Waals surface area contributed by atoms with E-state index in [-0.39, 0.29) is 5.78 Å². The number of unbranched alkanes of at least 4 members (excludes halogenated alkanes) is 5. The maximum Gasteiger partial charge on any atom is 0.416 e. The molecule has 5 aromatic rings. The molecular formula is C41H44F3N3O2. The van der Waals surface area contributed by atoms with Gasteiger partial charge in [-0.25, -0.2) is 4.98 Å². The lowest BCUT2D eigenvalue weighted by atomic mass is 10.0. The zero-order valence-electron chi connectivity index (χ0n) is 28.4. The van der Waals surface area contributed by atoms with Gasteiger partial charge >= 0.3 is 6.18 Å².